The Hall–Kier alpha value is -0.650. The molecule has 1 heterocycles. The van der Waals surface area contributed by atoms with Crippen LogP contribution in [0.25, 0.3) is 0 Å². The first-order valence-corrected chi connectivity index (χ1v) is 6.47. The van der Waals surface area contributed by atoms with E-state index in [1.54, 1.807) is 0 Å². The van der Waals surface area contributed by atoms with Crippen LogP contribution in [-0.4, -0.2) is 65.7 Å². The minimum atomic E-state index is -0.668. The van der Waals surface area contributed by atoms with Crippen LogP contribution >= 0.6 is 0 Å². The zero-order chi connectivity index (χ0) is 12.5. The molecule has 1 aliphatic heterocycles. The largest absolute Gasteiger partial charge is 0.395 e. The first-order valence-electron chi connectivity index (χ1n) is 6.47. The van der Waals surface area contributed by atoms with Crippen LogP contribution in [0.1, 0.15) is 19.8 Å². The summed E-state index contributed by atoms with van der Waals surface area (Å²) in [7, 11) is 0. The van der Waals surface area contributed by atoms with E-state index in [0.717, 1.165) is 39.0 Å². The predicted octanol–water partition coefficient (Wildman–Crippen LogP) is -0.750. The van der Waals surface area contributed by atoms with E-state index in [1.165, 1.54) is 0 Å². The molecular formula is C12H23N3O2. The van der Waals surface area contributed by atoms with Crippen molar-refractivity contribution in [3.8, 4) is 0 Å². The van der Waals surface area contributed by atoms with Gasteiger partial charge >= 0.3 is 0 Å². The van der Waals surface area contributed by atoms with Crippen molar-refractivity contribution >= 4 is 5.91 Å². The zero-order valence-corrected chi connectivity index (χ0v) is 10.6. The number of nitrogens with two attached hydrogens (primary N) is 1. The van der Waals surface area contributed by atoms with Crippen molar-refractivity contribution < 1.29 is 9.90 Å². The molecule has 3 N–H and O–H groups in total. The minimum absolute atomic E-state index is 0.101. The minimum Gasteiger partial charge on any atom is -0.395 e. The summed E-state index contributed by atoms with van der Waals surface area (Å²) in [5.41, 5.74) is 5.48. The molecule has 0 radical (unpaired) electrons. The molecule has 5 nitrogen and oxygen atoms in total. The molecule has 1 saturated carbocycles. The molecule has 0 aromatic heterocycles. The Morgan fingerprint density at radius 1 is 1.35 bits per heavy atom. The number of carbonyl (C=O) groups excluding carboxylic acids is 1. The van der Waals surface area contributed by atoms with Crippen LogP contribution < -0.4 is 5.73 Å². The summed E-state index contributed by atoms with van der Waals surface area (Å²) < 4.78 is 0. The number of amides is 1. The lowest BCUT2D eigenvalue weighted by molar-refractivity contribution is -0.139. The van der Waals surface area contributed by atoms with Crippen LogP contribution in [-0.2, 0) is 4.79 Å². The molecule has 1 amide bonds. The predicted molar refractivity (Wildman–Crippen MR) is 65.4 cm³/mol. The van der Waals surface area contributed by atoms with Gasteiger partial charge in [-0.2, -0.15) is 0 Å². The first-order chi connectivity index (χ1) is 8.05. The van der Waals surface area contributed by atoms with Gasteiger partial charge in [0.2, 0.25) is 5.91 Å². The number of aliphatic hydroxyl groups is 1. The number of hydrogen-bond donors (Lipinski definition) is 2. The smallest absolute Gasteiger partial charge is 0.242 e. The standard InChI is InChI=1S/C12H23N3O2/c1-12(13,10-2-3-10)11(17)15-6-4-14(5-7-15)8-9-16/h10,16H,2-9,13H2,1H3. The van der Waals surface area contributed by atoms with Gasteiger partial charge in [0.25, 0.3) is 0 Å². The van der Waals surface area contributed by atoms with Crippen LogP contribution in [0.2, 0.25) is 0 Å². The highest BCUT2D eigenvalue weighted by atomic mass is 16.3. The van der Waals surface area contributed by atoms with Gasteiger partial charge in [0, 0.05) is 32.7 Å². The molecule has 2 fully saturated rings. The number of carbonyl (C=O) groups is 1. The normalized spacial score (nSPS) is 25.7. The number of hydrogen-bond acceptors (Lipinski definition) is 4. The summed E-state index contributed by atoms with van der Waals surface area (Å²) in [6.45, 7) is 5.90. The van der Waals surface area contributed by atoms with Gasteiger partial charge in [-0.3, -0.25) is 9.69 Å². The Bertz CT molecular complexity index is 281. The third-order valence-electron chi connectivity index (χ3n) is 3.96. The highest BCUT2D eigenvalue weighted by molar-refractivity contribution is 5.86. The maximum atomic E-state index is 12.3. The molecule has 1 saturated heterocycles. The zero-order valence-electron chi connectivity index (χ0n) is 10.6. The fraction of sp³-hybridized carbons (Fsp3) is 0.917. The van der Waals surface area contributed by atoms with Crippen LogP contribution in [0.5, 0.6) is 0 Å². The summed E-state index contributed by atoms with van der Waals surface area (Å²) in [6.07, 6.45) is 2.17. The van der Waals surface area contributed by atoms with Crippen molar-refractivity contribution in [2.75, 3.05) is 39.3 Å². The highest BCUT2D eigenvalue weighted by Crippen LogP contribution is 2.39. The van der Waals surface area contributed by atoms with Crippen LogP contribution in [0.4, 0.5) is 0 Å². The third kappa shape index (κ3) is 2.78. The van der Waals surface area contributed by atoms with Crippen molar-refractivity contribution in [1.29, 1.82) is 0 Å². The number of piperazine rings is 1. The van der Waals surface area contributed by atoms with E-state index in [4.69, 9.17) is 10.8 Å². The Balaban J connectivity index is 1.85. The van der Waals surface area contributed by atoms with Gasteiger partial charge in [0.1, 0.15) is 0 Å². The highest BCUT2D eigenvalue weighted by Gasteiger charge is 2.46. The molecule has 0 spiro atoms. The summed E-state index contributed by atoms with van der Waals surface area (Å²) >= 11 is 0. The molecule has 1 aliphatic carbocycles. The average Bonchev–Trinajstić information content (AvgIpc) is 3.13. The molecule has 17 heavy (non-hydrogen) atoms. The lowest BCUT2D eigenvalue weighted by atomic mass is 9.95. The van der Waals surface area contributed by atoms with Crippen LogP contribution in [0.3, 0.4) is 0 Å². The maximum Gasteiger partial charge on any atom is 0.242 e. The van der Waals surface area contributed by atoms with Crippen molar-refractivity contribution in [1.82, 2.24) is 9.80 Å². The fourth-order valence-electron chi connectivity index (χ4n) is 2.51. The second-order valence-electron chi connectivity index (χ2n) is 5.41. The topological polar surface area (TPSA) is 69.8 Å². The van der Waals surface area contributed by atoms with Crippen molar-refractivity contribution in [3.63, 3.8) is 0 Å². The summed E-state index contributed by atoms with van der Waals surface area (Å²) in [5, 5.41) is 8.86. The molecular weight excluding hydrogens is 218 g/mol. The Morgan fingerprint density at radius 3 is 2.41 bits per heavy atom. The van der Waals surface area contributed by atoms with Crippen LogP contribution in [0, 0.1) is 5.92 Å². The van der Waals surface area contributed by atoms with Crippen LogP contribution in [0.15, 0.2) is 0 Å². The Labute approximate surface area is 103 Å². The summed E-state index contributed by atoms with van der Waals surface area (Å²) in [5.74, 6) is 0.481. The summed E-state index contributed by atoms with van der Waals surface area (Å²) in [4.78, 5) is 16.4. The monoisotopic (exact) mass is 241 g/mol. The van der Waals surface area contributed by atoms with Gasteiger partial charge in [-0.25, -0.2) is 0 Å². The molecule has 5 heteroatoms. The second-order valence-corrected chi connectivity index (χ2v) is 5.41. The van der Waals surface area contributed by atoms with E-state index >= 15 is 0 Å². The number of nitrogens with zero attached hydrogens (tertiary/aromatic N) is 2. The van der Waals surface area contributed by atoms with Gasteiger partial charge in [0.15, 0.2) is 0 Å². The lowest BCUT2D eigenvalue weighted by Crippen LogP contribution is -2.59. The molecule has 2 rings (SSSR count). The lowest BCUT2D eigenvalue weighted by Gasteiger charge is -2.38. The molecule has 1 atom stereocenters. The number of aliphatic hydroxyl groups excluding tert-OH is 1. The average molecular weight is 241 g/mol. The molecule has 1 unspecified atom stereocenters. The molecule has 0 aromatic carbocycles. The Kier molecular flexibility index (Phi) is 3.70. The van der Waals surface area contributed by atoms with E-state index in [2.05, 4.69) is 4.90 Å². The first kappa shape index (κ1) is 12.8. The van der Waals surface area contributed by atoms with E-state index in [-0.39, 0.29) is 12.5 Å². The number of β-amino-alcohol motifs (C(OH)–C–C–N with tert-alkyl or cyclic N) is 1. The molecule has 2 aliphatic rings. The van der Waals surface area contributed by atoms with Crippen molar-refractivity contribution in [2.45, 2.75) is 25.3 Å². The summed E-state index contributed by atoms with van der Waals surface area (Å²) in [6, 6.07) is 0. The van der Waals surface area contributed by atoms with Gasteiger partial charge < -0.3 is 15.7 Å². The van der Waals surface area contributed by atoms with Crippen molar-refractivity contribution in [2.24, 2.45) is 11.7 Å². The number of rotatable bonds is 4. The fourth-order valence-corrected chi connectivity index (χ4v) is 2.51. The maximum absolute atomic E-state index is 12.3. The van der Waals surface area contributed by atoms with Crippen molar-refractivity contribution in [3.05, 3.63) is 0 Å². The van der Waals surface area contributed by atoms with E-state index in [0.29, 0.717) is 12.5 Å². The van der Waals surface area contributed by atoms with Gasteiger partial charge in [0.05, 0.1) is 12.1 Å². The third-order valence-corrected chi connectivity index (χ3v) is 3.96. The van der Waals surface area contributed by atoms with Gasteiger partial charge in [-0.05, 0) is 25.7 Å². The van der Waals surface area contributed by atoms with E-state index in [1.807, 2.05) is 11.8 Å². The van der Waals surface area contributed by atoms with Gasteiger partial charge in [-0.15, -0.1) is 0 Å². The SMILES string of the molecule is CC(N)(C(=O)N1CCN(CCO)CC1)C1CC1. The second kappa shape index (κ2) is 4.92. The molecule has 98 valence electrons. The molecule has 0 bridgehead atoms. The van der Waals surface area contributed by atoms with E-state index < -0.39 is 5.54 Å². The molecule has 0 aromatic rings. The quantitative estimate of drug-likeness (QED) is 0.679. The van der Waals surface area contributed by atoms with E-state index in [9.17, 15) is 4.79 Å². The Morgan fingerprint density at radius 2 is 1.94 bits per heavy atom. The van der Waals surface area contributed by atoms with Gasteiger partial charge in [-0.1, -0.05) is 0 Å².